The second-order valence-corrected chi connectivity index (χ2v) is 3.16. The van der Waals surface area contributed by atoms with Crippen LogP contribution in [-0.2, 0) is 0 Å². The van der Waals surface area contributed by atoms with Gasteiger partial charge in [0.15, 0.2) is 0 Å². The summed E-state index contributed by atoms with van der Waals surface area (Å²) in [6, 6.07) is 1.75. The predicted molar refractivity (Wildman–Crippen MR) is 56.6 cm³/mol. The fraction of sp³-hybridized carbons (Fsp3) is 0.100. The van der Waals surface area contributed by atoms with Gasteiger partial charge in [-0.1, -0.05) is 0 Å². The maximum Gasteiger partial charge on any atom is 0.120 e. The smallest absolute Gasteiger partial charge is 0.120 e. The normalized spacial score (nSPS) is 10.2. The van der Waals surface area contributed by atoms with Gasteiger partial charge in [-0.3, -0.25) is 0 Å². The van der Waals surface area contributed by atoms with Gasteiger partial charge >= 0.3 is 0 Å². The number of furan rings is 1. The zero-order valence-electron chi connectivity index (χ0n) is 8.19. The summed E-state index contributed by atoms with van der Waals surface area (Å²) in [5.41, 5.74) is 8.63. The Balaban J connectivity index is 2.59. The number of nitrogens with two attached hydrogens (primary N) is 1. The Morgan fingerprint density at radius 1 is 1.53 bits per heavy atom. The maximum atomic E-state index is 7.53. The number of rotatable bonds is 2. The van der Waals surface area contributed by atoms with Crippen LogP contribution in [0.15, 0.2) is 29.2 Å². The molecule has 0 aliphatic carbocycles. The molecular weight excluding hydrogens is 192 g/mol. The van der Waals surface area contributed by atoms with Gasteiger partial charge in [-0.15, -0.1) is 5.10 Å². The summed E-state index contributed by atoms with van der Waals surface area (Å²) in [5.74, 6) is 0. The van der Waals surface area contributed by atoms with Crippen molar-refractivity contribution in [1.29, 1.82) is 5.41 Å². The van der Waals surface area contributed by atoms with Crippen LogP contribution in [0.1, 0.15) is 12.5 Å². The number of anilines is 1. The van der Waals surface area contributed by atoms with Crippen molar-refractivity contribution in [2.24, 2.45) is 0 Å². The number of hydrogen-bond donors (Lipinski definition) is 2. The number of nitrogens with one attached hydrogen (secondary N) is 1. The van der Waals surface area contributed by atoms with Crippen LogP contribution in [0.4, 0.5) is 5.69 Å². The largest absolute Gasteiger partial charge is 0.472 e. The molecule has 3 N–H and O–H groups in total. The van der Waals surface area contributed by atoms with Gasteiger partial charge in [0.2, 0.25) is 0 Å². The molecule has 0 saturated heterocycles. The minimum absolute atomic E-state index is 0.368. The van der Waals surface area contributed by atoms with Gasteiger partial charge in [0, 0.05) is 16.8 Å². The van der Waals surface area contributed by atoms with Crippen molar-refractivity contribution in [1.82, 2.24) is 10.2 Å². The van der Waals surface area contributed by atoms with Crippen LogP contribution < -0.4 is 5.73 Å². The Hall–Kier alpha value is -2.17. The van der Waals surface area contributed by atoms with Gasteiger partial charge in [0.1, 0.15) is 5.69 Å². The SMILES string of the molecule is CC(=N)c1cnnc(-c2ccoc2)c1N. The lowest BCUT2D eigenvalue weighted by atomic mass is 10.1. The Morgan fingerprint density at radius 3 is 2.93 bits per heavy atom. The molecule has 0 aliphatic rings. The van der Waals surface area contributed by atoms with E-state index < -0.39 is 0 Å². The molecule has 2 rings (SSSR count). The van der Waals surface area contributed by atoms with Crippen molar-refractivity contribution in [3.8, 4) is 11.3 Å². The fourth-order valence-electron chi connectivity index (χ4n) is 1.31. The molecule has 0 bridgehead atoms. The van der Waals surface area contributed by atoms with Crippen molar-refractivity contribution >= 4 is 11.4 Å². The number of aromatic nitrogens is 2. The molecule has 0 amide bonds. The van der Waals surface area contributed by atoms with Crippen LogP contribution in [0.25, 0.3) is 11.3 Å². The van der Waals surface area contributed by atoms with E-state index in [2.05, 4.69) is 10.2 Å². The van der Waals surface area contributed by atoms with Gasteiger partial charge in [-0.05, 0) is 13.0 Å². The van der Waals surface area contributed by atoms with Crippen LogP contribution in [0.2, 0.25) is 0 Å². The minimum atomic E-state index is 0.368. The Morgan fingerprint density at radius 2 is 2.33 bits per heavy atom. The first-order valence-electron chi connectivity index (χ1n) is 4.39. The molecule has 0 fully saturated rings. The summed E-state index contributed by atoms with van der Waals surface area (Å²) >= 11 is 0. The van der Waals surface area contributed by atoms with Crippen LogP contribution in [0.5, 0.6) is 0 Å². The summed E-state index contributed by atoms with van der Waals surface area (Å²) in [6.45, 7) is 1.66. The monoisotopic (exact) mass is 202 g/mol. The second-order valence-electron chi connectivity index (χ2n) is 3.16. The summed E-state index contributed by atoms with van der Waals surface area (Å²) in [4.78, 5) is 0. The molecule has 0 atom stereocenters. The van der Waals surface area contributed by atoms with Crippen molar-refractivity contribution in [3.63, 3.8) is 0 Å². The van der Waals surface area contributed by atoms with Crippen LogP contribution in [-0.4, -0.2) is 15.9 Å². The molecule has 2 aromatic rings. The molecule has 0 saturated carbocycles. The van der Waals surface area contributed by atoms with E-state index in [1.54, 1.807) is 25.5 Å². The maximum absolute atomic E-state index is 7.53. The van der Waals surface area contributed by atoms with Crippen LogP contribution in [0.3, 0.4) is 0 Å². The molecule has 0 spiro atoms. The van der Waals surface area contributed by atoms with Crippen LogP contribution in [0, 0.1) is 5.41 Å². The van der Waals surface area contributed by atoms with E-state index in [-0.39, 0.29) is 0 Å². The van der Waals surface area contributed by atoms with Gasteiger partial charge in [0.25, 0.3) is 0 Å². The molecule has 0 aromatic carbocycles. The zero-order valence-corrected chi connectivity index (χ0v) is 8.19. The Bertz CT molecular complexity index is 490. The quantitative estimate of drug-likeness (QED) is 0.725. The lowest BCUT2D eigenvalue weighted by Gasteiger charge is -2.05. The van der Waals surface area contributed by atoms with E-state index in [1.807, 2.05) is 0 Å². The molecule has 5 heteroatoms. The number of nitrogen functional groups attached to an aromatic ring is 1. The van der Waals surface area contributed by atoms with E-state index in [1.165, 1.54) is 6.20 Å². The van der Waals surface area contributed by atoms with Crippen LogP contribution >= 0.6 is 0 Å². The highest BCUT2D eigenvalue weighted by atomic mass is 16.3. The fourth-order valence-corrected chi connectivity index (χ4v) is 1.31. The average Bonchev–Trinajstić information content (AvgIpc) is 2.70. The molecule has 2 heterocycles. The summed E-state index contributed by atoms with van der Waals surface area (Å²) in [6.07, 6.45) is 4.57. The van der Waals surface area contributed by atoms with Gasteiger partial charge in [0.05, 0.1) is 24.4 Å². The third kappa shape index (κ3) is 1.59. The molecule has 0 radical (unpaired) electrons. The molecular formula is C10H10N4O. The third-order valence-corrected chi connectivity index (χ3v) is 2.09. The molecule has 5 nitrogen and oxygen atoms in total. The van der Waals surface area contributed by atoms with Gasteiger partial charge in [-0.2, -0.15) is 5.10 Å². The van der Waals surface area contributed by atoms with E-state index in [0.29, 0.717) is 22.7 Å². The third-order valence-electron chi connectivity index (χ3n) is 2.09. The lowest BCUT2D eigenvalue weighted by molar-refractivity contribution is 0.568. The van der Waals surface area contributed by atoms with Gasteiger partial charge < -0.3 is 15.6 Å². The summed E-state index contributed by atoms with van der Waals surface area (Å²) in [5, 5.41) is 15.3. The first-order chi connectivity index (χ1) is 7.20. The molecule has 76 valence electrons. The highest BCUT2D eigenvalue weighted by Gasteiger charge is 2.11. The Labute approximate surface area is 86.4 Å². The minimum Gasteiger partial charge on any atom is -0.472 e. The standard InChI is InChI=1S/C10H10N4O/c1-6(11)8-4-13-14-10(9(8)12)7-2-3-15-5-7/h2-5,11H,1H3,(H2,12,13). The lowest BCUT2D eigenvalue weighted by Crippen LogP contribution is -2.04. The average molecular weight is 202 g/mol. The second kappa shape index (κ2) is 3.53. The Kier molecular flexibility index (Phi) is 2.21. The van der Waals surface area contributed by atoms with E-state index in [4.69, 9.17) is 15.6 Å². The molecule has 0 unspecified atom stereocenters. The van der Waals surface area contributed by atoms with Gasteiger partial charge in [-0.25, -0.2) is 0 Å². The highest BCUT2D eigenvalue weighted by molar-refractivity contribution is 6.02. The van der Waals surface area contributed by atoms with Crippen molar-refractivity contribution < 1.29 is 4.42 Å². The first kappa shape index (κ1) is 9.39. The molecule has 0 aliphatic heterocycles. The van der Waals surface area contributed by atoms with Crippen molar-refractivity contribution in [3.05, 3.63) is 30.4 Å². The summed E-state index contributed by atoms with van der Waals surface area (Å²) < 4.78 is 4.95. The highest BCUT2D eigenvalue weighted by Crippen LogP contribution is 2.25. The topological polar surface area (TPSA) is 88.8 Å². The predicted octanol–water partition coefficient (Wildman–Crippen LogP) is 1.71. The summed E-state index contributed by atoms with van der Waals surface area (Å²) in [7, 11) is 0. The van der Waals surface area contributed by atoms with Crippen molar-refractivity contribution in [2.45, 2.75) is 6.92 Å². The molecule has 2 aromatic heterocycles. The van der Waals surface area contributed by atoms with E-state index in [0.717, 1.165) is 5.56 Å². The van der Waals surface area contributed by atoms with Crippen molar-refractivity contribution in [2.75, 3.05) is 5.73 Å². The molecule has 15 heavy (non-hydrogen) atoms. The number of hydrogen-bond acceptors (Lipinski definition) is 5. The number of nitrogens with zero attached hydrogens (tertiary/aromatic N) is 2. The van der Waals surface area contributed by atoms with E-state index in [9.17, 15) is 0 Å². The zero-order chi connectivity index (χ0) is 10.8. The first-order valence-corrected chi connectivity index (χ1v) is 4.39. The van der Waals surface area contributed by atoms with E-state index >= 15 is 0 Å².